The van der Waals surface area contributed by atoms with E-state index >= 15 is 0 Å². The van der Waals surface area contributed by atoms with Gasteiger partial charge in [-0.2, -0.15) is 0 Å². The van der Waals surface area contributed by atoms with Crippen molar-refractivity contribution in [1.82, 2.24) is 4.98 Å². The number of aromatic nitrogens is 1. The number of rotatable bonds is 5. The van der Waals surface area contributed by atoms with Crippen molar-refractivity contribution in [3.05, 3.63) is 49.9 Å². The number of hydrogen-bond acceptors (Lipinski definition) is 3. The van der Waals surface area contributed by atoms with E-state index in [2.05, 4.69) is 41.1 Å². The standard InChI is InChI=1S/C14H17BrN2S/c1-2-4-12-13(9-16)18-14(17-12)8-10-5-3-6-11(15)7-10/h3,5-7H,2,4,8-9,16H2,1H3. The van der Waals surface area contributed by atoms with Gasteiger partial charge in [-0.15, -0.1) is 11.3 Å². The van der Waals surface area contributed by atoms with E-state index < -0.39 is 0 Å². The summed E-state index contributed by atoms with van der Waals surface area (Å²) in [6, 6.07) is 8.37. The second kappa shape index (κ2) is 6.45. The maximum atomic E-state index is 5.77. The van der Waals surface area contributed by atoms with Crippen molar-refractivity contribution in [2.45, 2.75) is 32.7 Å². The lowest BCUT2D eigenvalue weighted by molar-refractivity contribution is 0.863. The maximum absolute atomic E-state index is 5.77. The molecular weight excluding hydrogens is 308 g/mol. The van der Waals surface area contributed by atoms with Gasteiger partial charge in [-0.05, 0) is 24.1 Å². The van der Waals surface area contributed by atoms with Gasteiger partial charge in [0.1, 0.15) is 0 Å². The van der Waals surface area contributed by atoms with Crippen molar-refractivity contribution in [1.29, 1.82) is 0 Å². The number of nitrogens with two attached hydrogens (primary N) is 1. The Kier molecular flexibility index (Phi) is 4.92. The normalized spacial score (nSPS) is 10.8. The molecule has 0 fully saturated rings. The fourth-order valence-electron chi connectivity index (χ4n) is 1.93. The van der Waals surface area contributed by atoms with Gasteiger partial charge in [0.05, 0.1) is 10.7 Å². The zero-order valence-electron chi connectivity index (χ0n) is 10.4. The van der Waals surface area contributed by atoms with E-state index in [0.29, 0.717) is 6.54 Å². The van der Waals surface area contributed by atoms with Crippen LogP contribution in [0.1, 0.15) is 34.5 Å². The highest BCUT2D eigenvalue weighted by molar-refractivity contribution is 9.10. The summed E-state index contributed by atoms with van der Waals surface area (Å²) in [5, 5.41) is 1.16. The molecule has 0 amide bonds. The van der Waals surface area contributed by atoms with Crippen LogP contribution in [-0.2, 0) is 19.4 Å². The van der Waals surface area contributed by atoms with Gasteiger partial charge in [0.15, 0.2) is 0 Å². The summed E-state index contributed by atoms with van der Waals surface area (Å²) in [5.41, 5.74) is 8.25. The van der Waals surface area contributed by atoms with E-state index in [0.717, 1.165) is 28.7 Å². The molecule has 0 aliphatic rings. The van der Waals surface area contributed by atoms with Gasteiger partial charge in [0, 0.05) is 22.3 Å². The van der Waals surface area contributed by atoms with Crippen molar-refractivity contribution < 1.29 is 0 Å². The van der Waals surface area contributed by atoms with E-state index in [9.17, 15) is 0 Å². The molecule has 0 atom stereocenters. The highest BCUT2D eigenvalue weighted by Crippen LogP contribution is 2.23. The summed E-state index contributed by atoms with van der Waals surface area (Å²) in [7, 11) is 0. The molecule has 18 heavy (non-hydrogen) atoms. The minimum absolute atomic E-state index is 0.603. The molecule has 0 radical (unpaired) electrons. The zero-order valence-corrected chi connectivity index (χ0v) is 12.9. The zero-order chi connectivity index (χ0) is 13.0. The average Bonchev–Trinajstić information content (AvgIpc) is 2.72. The van der Waals surface area contributed by atoms with E-state index in [1.54, 1.807) is 11.3 Å². The van der Waals surface area contributed by atoms with Gasteiger partial charge in [0.2, 0.25) is 0 Å². The molecule has 1 aromatic heterocycles. The van der Waals surface area contributed by atoms with E-state index in [1.807, 2.05) is 6.07 Å². The van der Waals surface area contributed by atoms with Crippen LogP contribution in [0.4, 0.5) is 0 Å². The Morgan fingerprint density at radius 2 is 2.22 bits per heavy atom. The first kappa shape index (κ1) is 13.7. The topological polar surface area (TPSA) is 38.9 Å². The average molecular weight is 325 g/mol. The molecule has 0 saturated heterocycles. The van der Waals surface area contributed by atoms with Crippen LogP contribution in [-0.4, -0.2) is 4.98 Å². The number of benzene rings is 1. The second-order valence-electron chi connectivity index (χ2n) is 4.24. The lowest BCUT2D eigenvalue weighted by Gasteiger charge is -1.98. The fraction of sp³-hybridized carbons (Fsp3) is 0.357. The van der Waals surface area contributed by atoms with E-state index in [4.69, 9.17) is 10.7 Å². The minimum Gasteiger partial charge on any atom is -0.326 e. The molecule has 2 nitrogen and oxygen atoms in total. The molecule has 0 bridgehead atoms. The first-order chi connectivity index (χ1) is 8.72. The first-order valence-electron chi connectivity index (χ1n) is 6.15. The van der Waals surface area contributed by atoms with E-state index in [1.165, 1.54) is 16.1 Å². The molecule has 1 heterocycles. The lowest BCUT2D eigenvalue weighted by atomic mass is 10.1. The number of hydrogen-bond donors (Lipinski definition) is 1. The number of aryl methyl sites for hydroxylation is 1. The molecule has 0 saturated carbocycles. The molecular formula is C14H17BrN2S. The fourth-order valence-corrected chi connectivity index (χ4v) is 3.40. The SMILES string of the molecule is CCCc1nc(Cc2cccc(Br)c2)sc1CN. The Labute approximate surface area is 120 Å². The minimum atomic E-state index is 0.603. The Balaban J connectivity index is 2.19. The molecule has 2 aromatic rings. The summed E-state index contributed by atoms with van der Waals surface area (Å²) in [5.74, 6) is 0. The Hall–Kier alpha value is -0.710. The largest absolute Gasteiger partial charge is 0.326 e. The summed E-state index contributed by atoms with van der Waals surface area (Å²) < 4.78 is 1.12. The highest BCUT2D eigenvalue weighted by atomic mass is 79.9. The third-order valence-corrected chi connectivity index (χ3v) is 4.35. The predicted octanol–water partition coefficient (Wildman–Crippen LogP) is 3.91. The van der Waals surface area contributed by atoms with Gasteiger partial charge < -0.3 is 5.73 Å². The van der Waals surface area contributed by atoms with Crippen LogP contribution in [0.25, 0.3) is 0 Å². The predicted molar refractivity (Wildman–Crippen MR) is 80.9 cm³/mol. The maximum Gasteiger partial charge on any atom is 0.0975 e. The van der Waals surface area contributed by atoms with E-state index in [-0.39, 0.29) is 0 Å². The smallest absolute Gasteiger partial charge is 0.0975 e. The van der Waals surface area contributed by atoms with Gasteiger partial charge >= 0.3 is 0 Å². The van der Waals surface area contributed by atoms with Crippen LogP contribution in [0.15, 0.2) is 28.7 Å². The van der Waals surface area contributed by atoms with Gasteiger partial charge in [-0.3, -0.25) is 0 Å². The number of nitrogens with zero attached hydrogens (tertiary/aromatic N) is 1. The number of thiazole rings is 1. The quantitative estimate of drug-likeness (QED) is 0.905. The van der Waals surface area contributed by atoms with Crippen molar-refractivity contribution in [2.24, 2.45) is 5.73 Å². The summed E-state index contributed by atoms with van der Waals surface area (Å²) in [4.78, 5) is 5.96. The van der Waals surface area contributed by atoms with Crippen molar-refractivity contribution in [3.63, 3.8) is 0 Å². The highest BCUT2D eigenvalue weighted by Gasteiger charge is 2.09. The van der Waals surface area contributed by atoms with Gasteiger partial charge in [0.25, 0.3) is 0 Å². The molecule has 2 rings (SSSR count). The monoisotopic (exact) mass is 324 g/mol. The van der Waals surface area contributed by atoms with Gasteiger partial charge in [-0.25, -0.2) is 4.98 Å². The molecule has 0 spiro atoms. The molecule has 96 valence electrons. The molecule has 1 aromatic carbocycles. The molecule has 0 aliphatic heterocycles. The van der Waals surface area contributed by atoms with Crippen LogP contribution in [0.2, 0.25) is 0 Å². The Morgan fingerprint density at radius 1 is 1.39 bits per heavy atom. The van der Waals surface area contributed by atoms with Crippen LogP contribution in [0.5, 0.6) is 0 Å². The van der Waals surface area contributed by atoms with Gasteiger partial charge in [-0.1, -0.05) is 41.4 Å². The Morgan fingerprint density at radius 3 is 2.89 bits per heavy atom. The van der Waals surface area contributed by atoms with Crippen LogP contribution in [0, 0.1) is 0 Å². The van der Waals surface area contributed by atoms with Crippen LogP contribution >= 0.6 is 27.3 Å². The summed E-state index contributed by atoms with van der Waals surface area (Å²) in [6.07, 6.45) is 3.04. The molecule has 0 unspecified atom stereocenters. The van der Waals surface area contributed by atoms with Crippen molar-refractivity contribution in [2.75, 3.05) is 0 Å². The third-order valence-electron chi connectivity index (χ3n) is 2.74. The third kappa shape index (κ3) is 3.40. The van der Waals surface area contributed by atoms with Crippen molar-refractivity contribution >= 4 is 27.3 Å². The summed E-state index contributed by atoms with van der Waals surface area (Å²) >= 11 is 5.25. The molecule has 0 aliphatic carbocycles. The molecule has 4 heteroatoms. The van der Waals surface area contributed by atoms with Crippen LogP contribution < -0.4 is 5.73 Å². The summed E-state index contributed by atoms with van der Waals surface area (Å²) in [6.45, 7) is 2.78. The second-order valence-corrected chi connectivity index (χ2v) is 6.32. The Bertz CT molecular complexity index is 522. The van der Waals surface area contributed by atoms with Crippen molar-refractivity contribution in [3.8, 4) is 0 Å². The molecule has 2 N–H and O–H groups in total. The first-order valence-corrected chi connectivity index (χ1v) is 7.75. The number of halogens is 1. The van der Waals surface area contributed by atoms with Crippen LogP contribution in [0.3, 0.4) is 0 Å². The lowest BCUT2D eigenvalue weighted by Crippen LogP contribution is -1.98.